The third kappa shape index (κ3) is 7.44. The van der Waals surface area contributed by atoms with Crippen molar-refractivity contribution in [3.05, 3.63) is 94.5 Å². The van der Waals surface area contributed by atoms with Gasteiger partial charge in [0.05, 0.1) is 26.0 Å². The van der Waals surface area contributed by atoms with Crippen LogP contribution in [0, 0.1) is 0 Å². The Morgan fingerprint density at radius 3 is 2.44 bits per heavy atom. The van der Waals surface area contributed by atoms with Gasteiger partial charge >= 0.3 is 5.97 Å². The molecule has 0 aromatic heterocycles. The largest absolute Gasteiger partial charge is 0.493 e. The van der Waals surface area contributed by atoms with E-state index >= 15 is 0 Å². The smallest absolute Gasteiger partial charge is 0.343 e. The van der Waals surface area contributed by atoms with E-state index < -0.39 is 11.9 Å². The Kier molecular flexibility index (Phi) is 9.64. The third-order valence-corrected chi connectivity index (χ3v) is 5.31. The van der Waals surface area contributed by atoms with Gasteiger partial charge in [0.25, 0.3) is 5.91 Å². The molecule has 0 radical (unpaired) electrons. The number of carbonyl (C=O) groups is 2. The summed E-state index contributed by atoms with van der Waals surface area (Å²) in [7, 11) is 3.00. The number of nitrogens with zero attached hydrogens (tertiary/aromatic N) is 1. The summed E-state index contributed by atoms with van der Waals surface area (Å²) in [4.78, 5) is 24.6. The minimum absolute atomic E-state index is 0.248. The number of amides is 1. The maximum Gasteiger partial charge on any atom is 0.343 e. The molecule has 36 heavy (non-hydrogen) atoms. The van der Waals surface area contributed by atoms with E-state index in [2.05, 4.69) is 33.0 Å². The predicted octanol–water partition coefficient (Wildman–Crippen LogP) is 4.94. The molecule has 0 aliphatic carbocycles. The summed E-state index contributed by atoms with van der Waals surface area (Å²) in [6.07, 6.45) is 3.93. The number of carbonyl (C=O) groups excluding carboxylic acids is 2. The van der Waals surface area contributed by atoms with Crippen LogP contribution in [-0.2, 0) is 11.2 Å². The Bertz CT molecular complexity index is 1270. The van der Waals surface area contributed by atoms with Gasteiger partial charge in [0.1, 0.15) is 0 Å². The van der Waals surface area contributed by atoms with E-state index in [4.69, 9.17) is 18.9 Å². The number of hydrazone groups is 1. The number of rotatable bonds is 11. The van der Waals surface area contributed by atoms with Gasteiger partial charge in [0.2, 0.25) is 0 Å². The van der Waals surface area contributed by atoms with Gasteiger partial charge in [-0.25, -0.2) is 10.2 Å². The van der Waals surface area contributed by atoms with Gasteiger partial charge in [-0.2, -0.15) is 5.10 Å². The topological polar surface area (TPSA) is 95.5 Å². The maximum absolute atomic E-state index is 12.4. The zero-order chi connectivity index (χ0) is 25.9. The minimum Gasteiger partial charge on any atom is -0.493 e. The van der Waals surface area contributed by atoms with Crippen LogP contribution < -0.4 is 24.4 Å². The number of benzene rings is 3. The minimum atomic E-state index is -0.518. The lowest BCUT2D eigenvalue weighted by atomic mass is 10.1. The molecule has 0 atom stereocenters. The number of methoxy groups -OCH3 is 2. The Morgan fingerprint density at radius 1 is 0.972 bits per heavy atom. The summed E-state index contributed by atoms with van der Waals surface area (Å²) < 4.78 is 22.4. The van der Waals surface area contributed by atoms with E-state index in [1.165, 1.54) is 20.4 Å². The number of halogens is 1. The Labute approximate surface area is 217 Å². The van der Waals surface area contributed by atoms with Crippen LogP contribution in [0.4, 0.5) is 0 Å². The molecule has 8 nitrogen and oxygen atoms in total. The fraction of sp³-hybridized carbons (Fsp3) is 0.148. The van der Waals surface area contributed by atoms with Crippen LogP contribution in [0.15, 0.2) is 82.9 Å². The van der Waals surface area contributed by atoms with Crippen molar-refractivity contribution in [2.24, 2.45) is 5.10 Å². The van der Waals surface area contributed by atoms with Crippen molar-refractivity contribution in [3.63, 3.8) is 0 Å². The molecule has 186 valence electrons. The van der Waals surface area contributed by atoms with Gasteiger partial charge in [-0.1, -0.05) is 34.1 Å². The highest BCUT2D eigenvalue weighted by Gasteiger charge is 2.13. The van der Waals surface area contributed by atoms with Gasteiger partial charge in [-0.3, -0.25) is 4.79 Å². The van der Waals surface area contributed by atoms with Crippen LogP contribution in [-0.4, -0.2) is 38.9 Å². The second-order valence-electron chi connectivity index (χ2n) is 7.37. The number of ether oxygens (including phenoxy) is 4. The van der Waals surface area contributed by atoms with Crippen LogP contribution in [0.2, 0.25) is 0 Å². The van der Waals surface area contributed by atoms with E-state index in [9.17, 15) is 9.59 Å². The van der Waals surface area contributed by atoms with Gasteiger partial charge in [-0.15, -0.1) is 6.58 Å². The average molecular weight is 553 g/mol. The lowest BCUT2D eigenvalue weighted by Gasteiger charge is -2.11. The summed E-state index contributed by atoms with van der Waals surface area (Å²) in [5, 5.41) is 3.94. The summed E-state index contributed by atoms with van der Waals surface area (Å²) in [5.74, 6) is 0.597. The van der Waals surface area contributed by atoms with Crippen molar-refractivity contribution in [2.75, 3.05) is 20.8 Å². The van der Waals surface area contributed by atoms with Crippen molar-refractivity contribution >= 4 is 34.0 Å². The molecule has 0 aliphatic rings. The molecule has 9 heteroatoms. The Morgan fingerprint density at radius 2 is 1.72 bits per heavy atom. The molecular formula is C27H25BrN2O6. The molecule has 3 rings (SSSR count). The van der Waals surface area contributed by atoms with Gasteiger partial charge in [0.15, 0.2) is 29.6 Å². The summed E-state index contributed by atoms with van der Waals surface area (Å²) in [5.41, 5.74) is 4.44. The van der Waals surface area contributed by atoms with Crippen molar-refractivity contribution in [3.8, 4) is 23.0 Å². The lowest BCUT2D eigenvalue weighted by Crippen LogP contribution is -2.24. The molecule has 0 spiro atoms. The first kappa shape index (κ1) is 26.5. The molecule has 0 saturated heterocycles. The molecule has 3 aromatic rings. The standard InChI is InChI=1S/C27H25BrN2O6/c1-4-6-18-9-11-22(24(13-18)33-2)35-17-26(31)30-29-16-19-10-12-23(25(14-19)34-3)36-27(32)20-7-5-8-21(28)15-20/h4-5,7-16H,1,6,17H2,2-3H3,(H,30,31). The molecule has 3 aromatic carbocycles. The monoisotopic (exact) mass is 552 g/mol. The first-order valence-electron chi connectivity index (χ1n) is 10.8. The molecular weight excluding hydrogens is 528 g/mol. The number of allylic oxidation sites excluding steroid dienone is 1. The molecule has 0 aliphatic heterocycles. The van der Waals surface area contributed by atoms with Crippen LogP contribution in [0.1, 0.15) is 21.5 Å². The number of hydrogen-bond donors (Lipinski definition) is 1. The fourth-order valence-corrected chi connectivity index (χ4v) is 3.50. The quantitative estimate of drug-likeness (QED) is 0.119. The highest BCUT2D eigenvalue weighted by molar-refractivity contribution is 9.10. The van der Waals surface area contributed by atoms with Gasteiger partial charge in [-0.05, 0) is 66.1 Å². The first-order chi connectivity index (χ1) is 17.4. The number of nitrogens with one attached hydrogen (secondary N) is 1. The molecule has 0 unspecified atom stereocenters. The maximum atomic E-state index is 12.4. The Hall–Kier alpha value is -4.11. The lowest BCUT2D eigenvalue weighted by molar-refractivity contribution is -0.123. The summed E-state index contributed by atoms with van der Waals surface area (Å²) in [6.45, 7) is 3.47. The summed E-state index contributed by atoms with van der Waals surface area (Å²) >= 11 is 3.33. The number of esters is 1. The predicted molar refractivity (Wildman–Crippen MR) is 140 cm³/mol. The normalized spacial score (nSPS) is 10.5. The zero-order valence-electron chi connectivity index (χ0n) is 19.8. The van der Waals surface area contributed by atoms with Crippen molar-refractivity contribution < 1.29 is 28.5 Å². The van der Waals surface area contributed by atoms with E-state index in [1.807, 2.05) is 18.2 Å². The number of hydrogen-bond acceptors (Lipinski definition) is 7. The molecule has 0 fully saturated rings. The van der Waals surface area contributed by atoms with Crippen LogP contribution in [0.3, 0.4) is 0 Å². The zero-order valence-corrected chi connectivity index (χ0v) is 21.4. The molecule has 0 heterocycles. The van der Waals surface area contributed by atoms with Crippen molar-refractivity contribution in [2.45, 2.75) is 6.42 Å². The highest BCUT2D eigenvalue weighted by atomic mass is 79.9. The first-order valence-corrected chi connectivity index (χ1v) is 11.6. The molecule has 1 N–H and O–H groups in total. The highest BCUT2D eigenvalue weighted by Crippen LogP contribution is 2.29. The fourth-order valence-electron chi connectivity index (χ4n) is 3.10. The van der Waals surface area contributed by atoms with Crippen LogP contribution in [0.5, 0.6) is 23.0 Å². The SMILES string of the molecule is C=CCc1ccc(OCC(=O)NN=Cc2ccc(OC(=O)c3cccc(Br)c3)c(OC)c2)c(OC)c1. The van der Waals surface area contributed by atoms with Crippen LogP contribution in [0.25, 0.3) is 0 Å². The van der Waals surface area contributed by atoms with Gasteiger partial charge < -0.3 is 18.9 Å². The molecule has 1 amide bonds. The van der Waals surface area contributed by atoms with Crippen LogP contribution >= 0.6 is 15.9 Å². The second kappa shape index (κ2) is 13.1. The van der Waals surface area contributed by atoms with E-state index in [0.29, 0.717) is 34.8 Å². The second-order valence-corrected chi connectivity index (χ2v) is 8.29. The van der Waals surface area contributed by atoms with E-state index in [-0.39, 0.29) is 12.4 Å². The third-order valence-electron chi connectivity index (χ3n) is 4.82. The Balaban J connectivity index is 1.56. The molecule has 0 saturated carbocycles. The summed E-state index contributed by atoms with van der Waals surface area (Å²) in [6, 6.07) is 17.2. The van der Waals surface area contributed by atoms with Gasteiger partial charge in [0, 0.05) is 4.47 Å². The molecule has 0 bridgehead atoms. The average Bonchev–Trinajstić information content (AvgIpc) is 2.88. The van der Waals surface area contributed by atoms with E-state index in [0.717, 1.165) is 10.0 Å². The van der Waals surface area contributed by atoms with Crippen molar-refractivity contribution in [1.82, 2.24) is 5.43 Å². The van der Waals surface area contributed by atoms with E-state index in [1.54, 1.807) is 48.5 Å². The van der Waals surface area contributed by atoms with Crippen molar-refractivity contribution in [1.29, 1.82) is 0 Å².